The molecule has 6 heteroatoms. The van der Waals surface area contributed by atoms with Gasteiger partial charge >= 0.3 is 0 Å². The van der Waals surface area contributed by atoms with Crippen molar-refractivity contribution in [1.82, 2.24) is 19.9 Å². The standard InChI is InChI=1S/C6H7N5S/c1-7-5-8-2-3-4(10-5)11-6(12)9-3/h2H,1H3,(H3,7,8,9,10,11,12). The number of hydrogen-bond donors (Lipinski definition) is 3. The van der Waals surface area contributed by atoms with Crippen LogP contribution in [0.1, 0.15) is 0 Å². The van der Waals surface area contributed by atoms with Crippen LogP contribution in [0.15, 0.2) is 6.20 Å². The number of fused-ring (bicyclic) bond motifs is 1. The van der Waals surface area contributed by atoms with Crippen molar-refractivity contribution in [3.63, 3.8) is 0 Å². The number of aromatic amines is 2. The lowest BCUT2D eigenvalue weighted by Gasteiger charge is -1.94. The van der Waals surface area contributed by atoms with Crippen molar-refractivity contribution in [3.8, 4) is 0 Å². The zero-order chi connectivity index (χ0) is 8.55. The third-order valence-electron chi connectivity index (χ3n) is 1.49. The van der Waals surface area contributed by atoms with Crippen LogP contribution >= 0.6 is 12.2 Å². The lowest BCUT2D eigenvalue weighted by atomic mass is 10.6. The number of hydrogen-bond acceptors (Lipinski definition) is 4. The van der Waals surface area contributed by atoms with Crippen molar-refractivity contribution < 1.29 is 0 Å². The molecule has 2 rings (SSSR count). The SMILES string of the molecule is CNc1ncc2[nH]c(=S)[nH]c2n1. The fourth-order valence-corrected chi connectivity index (χ4v) is 1.16. The van der Waals surface area contributed by atoms with E-state index in [9.17, 15) is 0 Å². The topological polar surface area (TPSA) is 69.4 Å². The van der Waals surface area contributed by atoms with E-state index in [1.54, 1.807) is 13.2 Å². The first-order valence-corrected chi connectivity index (χ1v) is 3.83. The molecular weight excluding hydrogens is 174 g/mol. The zero-order valence-electron chi connectivity index (χ0n) is 6.38. The Hall–Kier alpha value is -1.43. The lowest BCUT2D eigenvalue weighted by molar-refractivity contribution is 1.18. The Labute approximate surface area is 73.3 Å². The molecule has 5 nitrogen and oxygen atoms in total. The number of nitrogens with one attached hydrogen (secondary N) is 3. The fourth-order valence-electron chi connectivity index (χ4n) is 0.950. The summed E-state index contributed by atoms with van der Waals surface area (Å²) in [5.74, 6) is 0.577. The Morgan fingerprint density at radius 1 is 1.50 bits per heavy atom. The fraction of sp³-hybridized carbons (Fsp3) is 0.167. The van der Waals surface area contributed by atoms with Crippen LogP contribution in [0.25, 0.3) is 11.2 Å². The number of nitrogens with zero attached hydrogens (tertiary/aromatic N) is 2. The molecule has 0 spiro atoms. The van der Waals surface area contributed by atoms with Gasteiger partial charge in [0.25, 0.3) is 0 Å². The van der Waals surface area contributed by atoms with Gasteiger partial charge in [-0.3, -0.25) is 0 Å². The summed E-state index contributed by atoms with van der Waals surface area (Å²) in [6.07, 6.45) is 1.68. The van der Waals surface area contributed by atoms with Gasteiger partial charge in [-0.25, -0.2) is 4.98 Å². The van der Waals surface area contributed by atoms with Crippen molar-refractivity contribution in [2.45, 2.75) is 0 Å². The van der Waals surface area contributed by atoms with Crippen LogP contribution in [0.5, 0.6) is 0 Å². The molecule has 2 aromatic rings. The molecule has 2 aromatic heterocycles. The molecule has 0 bridgehead atoms. The van der Waals surface area contributed by atoms with Gasteiger partial charge in [0.2, 0.25) is 5.95 Å². The molecule has 0 unspecified atom stereocenters. The lowest BCUT2D eigenvalue weighted by Crippen LogP contribution is -1.95. The molecule has 0 atom stereocenters. The predicted molar refractivity (Wildman–Crippen MR) is 48.6 cm³/mol. The molecule has 62 valence electrons. The predicted octanol–water partition coefficient (Wildman–Crippen LogP) is 1.06. The van der Waals surface area contributed by atoms with Gasteiger partial charge in [-0.05, 0) is 12.2 Å². The number of H-pyrrole nitrogens is 2. The first-order chi connectivity index (χ1) is 5.79. The van der Waals surface area contributed by atoms with Gasteiger partial charge in [0.1, 0.15) is 5.52 Å². The summed E-state index contributed by atoms with van der Waals surface area (Å²) < 4.78 is 0.563. The van der Waals surface area contributed by atoms with Gasteiger partial charge < -0.3 is 15.3 Å². The number of rotatable bonds is 1. The van der Waals surface area contributed by atoms with E-state index in [1.165, 1.54) is 0 Å². The summed E-state index contributed by atoms with van der Waals surface area (Å²) in [6.45, 7) is 0. The molecule has 0 aliphatic carbocycles. The van der Waals surface area contributed by atoms with Gasteiger partial charge in [0.15, 0.2) is 10.4 Å². The summed E-state index contributed by atoms with van der Waals surface area (Å²) in [7, 11) is 1.77. The average molecular weight is 181 g/mol. The van der Waals surface area contributed by atoms with E-state index in [1.807, 2.05) is 0 Å². The third-order valence-corrected chi connectivity index (χ3v) is 1.70. The summed E-state index contributed by atoms with van der Waals surface area (Å²) in [5, 5.41) is 2.84. The van der Waals surface area contributed by atoms with Crippen molar-refractivity contribution in [1.29, 1.82) is 0 Å². The summed E-state index contributed by atoms with van der Waals surface area (Å²) in [6, 6.07) is 0. The minimum atomic E-state index is 0.563. The van der Waals surface area contributed by atoms with E-state index in [0.29, 0.717) is 10.7 Å². The molecule has 0 saturated heterocycles. The first-order valence-electron chi connectivity index (χ1n) is 3.42. The highest BCUT2D eigenvalue weighted by atomic mass is 32.1. The molecule has 0 saturated carbocycles. The maximum Gasteiger partial charge on any atom is 0.224 e. The molecule has 12 heavy (non-hydrogen) atoms. The maximum atomic E-state index is 4.89. The van der Waals surface area contributed by atoms with E-state index in [2.05, 4.69) is 25.3 Å². The van der Waals surface area contributed by atoms with E-state index in [0.717, 1.165) is 11.2 Å². The molecule has 2 heterocycles. The second kappa shape index (κ2) is 2.56. The monoisotopic (exact) mass is 181 g/mol. The van der Waals surface area contributed by atoms with Crippen LogP contribution in [0.4, 0.5) is 5.95 Å². The van der Waals surface area contributed by atoms with Crippen LogP contribution in [0.2, 0.25) is 0 Å². The average Bonchev–Trinajstić information content (AvgIpc) is 2.43. The number of aromatic nitrogens is 4. The van der Waals surface area contributed by atoms with E-state index in [4.69, 9.17) is 12.2 Å². The second-order valence-corrected chi connectivity index (χ2v) is 2.69. The second-order valence-electron chi connectivity index (χ2n) is 2.29. The van der Waals surface area contributed by atoms with Crippen LogP contribution in [-0.2, 0) is 0 Å². The highest BCUT2D eigenvalue weighted by molar-refractivity contribution is 7.71. The molecule has 0 fully saturated rings. The van der Waals surface area contributed by atoms with Gasteiger partial charge in [0, 0.05) is 7.05 Å². The largest absolute Gasteiger partial charge is 0.357 e. The molecule has 0 aromatic carbocycles. The van der Waals surface area contributed by atoms with Gasteiger partial charge in [-0.1, -0.05) is 0 Å². The van der Waals surface area contributed by atoms with Crippen molar-refractivity contribution in [3.05, 3.63) is 11.0 Å². The van der Waals surface area contributed by atoms with Crippen molar-refractivity contribution in [2.24, 2.45) is 0 Å². The smallest absolute Gasteiger partial charge is 0.224 e. The first kappa shape index (κ1) is 7.23. The molecule has 3 N–H and O–H groups in total. The van der Waals surface area contributed by atoms with E-state index in [-0.39, 0.29) is 0 Å². The number of imidazole rings is 1. The van der Waals surface area contributed by atoms with Crippen molar-refractivity contribution >= 4 is 29.3 Å². The Morgan fingerprint density at radius 3 is 3.08 bits per heavy atom. The van der Waals surface area contributed by atoms with E-state index < -0.39 is 0 Å². The molecule has 0 radical (unpaired) electrons. The Bertz CT molecular complexity index is 456. The van der Waals surface area contributed by atoms with Gasteiger partial charge in [-0.2, -0.15) is 4.98 Å². The minimum Gasteiger partial charge on any atom is -0.357 e. The normalized spacial score (nSPS) is 10.4. The highest BCUT2D eigenvalue weighted by Crippen LogP contribution is 2.06. The Kier molecular flexibility index (Phi) is 1.54. The maximum absolute atomic E-state index is 4.89. The van der Waals surface area contributed by atoms with Crippen LogP contribution in [0.3, 0.4) is 0 Å². The Morgan fingerprint density at radius 2 is 2.33 bits per heavy atom. The van der Waals surface area contributed by atoms with Crippen LogP contribution in [-0.4, -0.2) is 27.0 Å². The molecular formula is C6H7N5S. The summed E-state index contributed by atoms with van der Waals surface area (Å²) >= 11 is 4.89. The van der Waals surface area contributed by atoms with Gasteiger partial charge in [0.05, 0.1) is 6.20 Å². The molecule has 0 amide bonds. The van der Waals surface area contributed by atoms with E-state index >= 15 is 0 Å². The summed E-state index contributed by atoms with van der Waals surface area (Å²) in [5.41, 5.74) is 1.54. The summed E-state index contributed by atoms with van der Waals surface area (Å²) in [4.78, 5) is 14.0. The third kappa shape index (κ3) is 1.06. The van der Waals surface area contributed by atoms with Crippen LogP contribution in [0, 0.1) is 4.77 Å². The minimum absolute atomic E-state index is 0.563. The Balaban J connectivity index is 2.74. The quantitative estimate of drug-likeness (QED) is 0.575. The van der Waals surface area contributed by atoms with Gasteiger partial charge in [-0.15, -0.1) is 0 Å². The molecule has 0 aliphatic heterocycles. The molecule has 0 aliphatic rings. The zero-order valence-corrected chi connectivity index (χ0v) is 7.20. The number of anilines is 1. The van der Waals surface area contributed by atoms with Crippen molar-refractivity contribution in [2.75, 3.05) is 12.4 Å². The van der Waals surface area contributed by atoms with Crippen LogP contribution < -0.4 is 5.32 Å². The highest BCUT2D eigenvalue weighted by Gasteiger charge is 1.98.